The second-order valence-electron chi connectivity index (χ2n) is 7.17. The maximum absolute atomic E-state index is 13.0. The van der Waals surface area contributed by atoms with Gasteiger partial charge < -0.3 is 14.2 Å². The topological polar surface area (TPSA) is 90.0 Å². The van der Waals surface area contributed by atoms with E-state index in [1.54, 1.807) is 6.07 Å². The van der Waals surface area contributed by atoms with Gasteiger partial charge in [-0.25, -0.2) is 13.4 Å². The van der Waals surface area contributed by atoms with Crippen LogP contribution in [0.1, 0.15) is 4.88 Å². The first kappa shape index (κ1) is 22.5. The molecule has 0 aliphatic carbocycles. The lowest BCUT2D eigenvalue weighted by Crippen LogP contribution is -2.35. The van der Waals surface area contributed by atoms with Gasteiger partial charge in [-0.3, -0.25) is 9.62 Å². The quantitative estimate of drug-likeness (QED) is 0.534. The maximum Gasteiger partial charge on any atom is 0.263 e. The summed E-state index contributed by atoms with van der Waals surface area (Å²) in [6.07, 6.45) is 0. The molecule has 0 atom stereocenters. The number of morpholine rings is 1. The summed E-state index contributed by atoms with van der Waals surface area (Å²) in [6.45, 7) is 3.73. The molecule has 0 bridgehead atoms. The highest BCUT2D eigenvalue weighted by Gasteiger charge is 2.22. The fraction of sp³-hybridized carbons (Fsp3) is 0.318. The molecular weight excluding hydrogens is 450 g/mol. The number of ether oxygens (including phenoxy) is 3. The van der Waals surface area contributed by atoms with Gasteiger partial charge in [-0.2, -0.15) is 0 Å². The van der Waals surface area contributed by atoms with Gasteiger partial charge in [-0.15, -0.1) is 0 Å². The minimum absolute atomic E-state index is 0.0707. The van der Waals surface area contributed by atoms with Crippen LogP contribution in [0.3, 0.4) is 0 Å². The molecule has 10 heteroatoms. The summed E-state index contributed by atoms with van der Waals surface area (Å²) < 4.78 is 44.6. The predicted molar refractivity (Wildman–Crippen MR) is 124 cm³/mol. The molecule has 2 aromatic carbocycles. The van der Waals surface area contributed by atoms with Crippen molar-refractivity contribution in [3.05, 3.63) is 53.4 Å². The van der Waals surface area contributed by atoms with Crippen molar-refractivity contribution in [3.8, 4) is 22.8 Å². The first-order chi connectivity index (χ1) is 15.5. The van der Waals surface area contributed by atoms with Crippen LogP contribution in [-0.4, -0.2) is 58.8 Å². The molecule has 0 unspecified atom stereocenters. The first-order valence-electron chi connectivity index (χ1n) is 10.1. The molecule has 2 heterocycles. The van der Waals surface area contributed by atoms with E-state index in [2.05, 4.69) is 14.6 Å². The summed E-state index contributed by atoms with van der Waals surface area (Å²) >= 11 is 1.35. The van der Waals surface area contributed by atoms with Crippen molar-refractivity contribution in [1.82, 2.24) is 9.88 Å². The summed E-state index contributed by atoms with van der Waals surface area (Å²) in [5.74, 6) is 0.798. The van der Waals surface area contributed by atoms with Crippen molar-refractivity contribution in [3.63, 3.8) is 0 Å². The number of hydrogen-bond acceptors (Lipinski definition) is 8. The summed E-state index contributed by atoms with van der Waals surface area (Å²) in [7, 11) is -0.895. The molecule has 170 valence electrons. The first-order valence-corrected chi connectivity index (χ1v) is 12.4. The van der Waals surface area contributed by atoms with Crippen LogP contribution in [0.5, 0.6) is 11.5 Å². The van der Waals surface area contributed by atoms with Gasteiger partial charge in [0.25, 0.3) is 10.0 Å². The molecule has 8 nitrogen and oxygen atoms in total. The third kappa shape index (κ3) is 5.04. The number of anilines is 1. The highest BCUT2D eigenvalue weighted by Crippen LogP contribution is 2.35. The zero-order valence-corrected chi connectivity index (χ0v) is 19.5. The third-order valence-corrected chi connectivity index (χ3v) is 7.52. The van der Waals surface area contributed by atoms with Gasteiger partial charge in [0.2, 0.25) is 0 Å². The van der Waals surface area contributed by atoms with Crippen LogP contribution in [0, 0.1) is 0 Å². The van der Waals surface area contributed by atoms with Crippen molar-refractivity contribution >= 4 is 26.5 Å². The SMILES string of the molecule is COc1ccc(S(=O)(=O)Nc2nc(-c3ccccc3)c(CN3CCOCC3)s2)cc1OC. The lowest BCUT2D eigenvalue weighted by Gasteiger charge is -2.26. The molecule has 4 rings (SSSR count). The van der Waals surface area contributed by atoms with Gasteiger partial charge in [0.05, 0.1) is 38.0 Å². The molecule has 1 aromatic heterocycles. The number of aromatic nitrogens is 1. The normalized spacial score (nSPS) is 14.8. The van der Waals surface area contributed by atoms with Gasteiger partial charge >= 0.3 is 0 Å². The molecule has 1 saturated heterocycles. The van der Waals surface area contributed by atoms with Crippen LogP contribution < -0.4 is 14.2 Å². The lowest BCUT2D eigenvalue weighted by atomic mass is 10.1. The molecule has 0 amide bonds. The molecule has 0 saturated carbocycles. The van der Waals surface area contributed by atoms with E-state index in [-0.39, 0.29) is 4.90 Å². The number of methoxy groups -OCH3 is 2. The van der Waals surface area contributed by atoms with Crippen molar-refractivity contribution in [2.75, 3.05) is 45.2 Å². The second-order valence-corrected chi connectivity index (χ2v) is 9.93. The van der Waals surface area contributed by atoms with Gasteiger partial charge in [0.15, 0.2) is 16.6 Å². The fourth-order valence-electron chi connectivity index (χ4n) is 3.44. The Bertz CT molecular complexity index is 1160. The smallest absolute Gasteiger partial charge is 0.263 e. The van der Waals surface area contributed by atoms with E-state index in [1.807, 2.05) is 30.3 Å². The van der Waals surface area contributed by atoms with E-state index in [0.29, 0.717) is 36.4 Å². The molecule has 3 aromatic rings. The fourth-order valence-corrected chi connectivity index (χ4v) is 5.72. The van der Waals surface area contributed by atoms with E-state index >= 15 is 0 Å². The average molecular weight is 476 g/mol. The van der Waals surface area contributed by atoms with Crippen LogP contribution in [0.2, 0.25) is 0 Å². The van der Waals surface area contributed by atoms with Gasteiger partial charge in [0, 0.05) is 36.1 Å². The summed E-state index contributed by atoms with van der Waals surface area (Å²) in [5, 5.41) is 0.321. The molecule has 1 aliphatic rings. The zero-order chi connectivity index (χ0) is 22.6. The van der Waals surface area contributed by atoms with Crippen LogP contribution in [0.15, 0.2) is 53.4 Å². The largest absolute Gasteiger partial charge is 0.493 e. The van der Waals surface area contributed by atoms with Crippen LogP contribution >= 0.6 is 11.3 Å². The van der Waals surface area contributed by atoms with Crippen molar-refractivity contribution in [2.24, 2.45) is 0 Å². The standard InChI is InChI=1S/C22H25N3O5S2/c1-28-18-9-8-17(14-19(18)29-2)32(26,27)24-22-23-21(16-6-4-3-5-7-16)20(31-22)15-25-10-12-30-13-11-25/h3-9,14H,10-13,15H2,1-2H3,(H,23,24). The zero-order valence-electron chi connectivity index (χ0n) is 17.9. The van der Waals surface area contributed by atoms with Crippen molar-refractivity contribution in [2.45, 2.75) is 11.4 Å². The Kier molecular flexibility index (Phi) is 6.95. The number of rotatable bonds is 8. The molecule has 1 N–H and O–H groups in total. The molecule has 0 spiro atoms. The molecule has 1 fully saturated rings. The molecular formula is C22H25N3O5S2. The Morgan fingerprint density at radius 1 is 1.06 bits per heavy atom. The maximum atomic E-state index is 13.0. The van der Waals surface area contributed by atoms with Crippen LogP contribution in [0.4, 0.5) is 5.13 Å². The number of nitrogens with zero attached hydrogens (tertiary/aromatic N) is 2. The minimum Gasteiger partial charge on any atom is -0.493 e. The number of sulfonamides is 1. The van der Waals surface area contributed by atoms with Gasteiger partial charge in [0.1, 0.15) is 0 Å². The lowest BCUT2D eigenvalue weighted by molar-refractivity contribution is 0.0347. The number of hydrogen-bond donors (Lipinski definition) is 1. The summed E-state index contributed by atoms with van der Waals surface area (Å²) in [4.78, 5) is 8.01. The molecule has 32 heavy (non-hydrogen) atoms. The Morgan fingerprint density at radius 3 is 2.47 bits per heavy atom. The number of thiazole rings is 1. The number of benzene rings is 2. The molecule has 0 radical (unpaired) electrons. The third-order valence-electron chi connectivity index (χ3n) is 5.10. The average Bonchev–Trinajstić information content (AvgIpc) is 3.21. The van der Waals surface area contributed by atoms with E-state index in [0.717, 1.165) is 29.2 Å². The van der Waals surface area contributed by atoms with E-state index in [9.17, 15) is 8.42 Å². The minimum atomic E-state index is -3.86. The predicted octanol–water partition coefficient (Wildman–Crippen LogP) is 3.46. The highest BCUT2D eigenvalue weighted by atomic mass is 32.2. The van der Waals surface area contributed by atoms with Crippen molar-refractivity contribution < 1.29 is 22.6 Å². The Labute approximate surface area is 191 Å². The summed E-state index contributed by atoms with van der Waals surface area (Å²) in [5.41, 5.74) is 1.73. The molecule has 1 aliphatic heterocycles. The number of nitrogens with one attached hydrogen (secondary N) is 1. The monoisotopic (exact) mass is 475 g/mol. The van der Waals surface area contributed by atoms with E-state index in [1.165, 1.54) is 37.7 Å². The van der Waals surface area contributed by atoms with E-state index < -0.39 is 10.0 Å². The van der Waals surface area contributed by atoms with Crippen LogP contribution in [0.25, 0.3) is 11.3 Å². The Hall–Kier alpha value is -2.66. The van der Waals surface area contributed by atoms with Gasteiger partial charge in [-0.05, 0) is 12.1 Å². The van der Waals surface area contributed by atoms with Crippen molar-refractivity contribution in [1.29, 1.82) is 0 Å². The van der Waals surface area contributed by atoms with Gasteiger partial charge in [-0.1, -0.05) is 41.7 Å². The van der Waals surface area contributed by atoms with Crippen LogP contribution in [-0.2, 0) is 21.3 Å². The summed E-state index contributed by atoms with van der Waals surface area (Å²) in [6, 6.07) is 14.3. The van der Waals surface area contributed by atoms with E-state index in [4.69, 9.17) is 14.2 Å². The second kappa shape index (κ2) is 9.86. The Morgan fingerprint density at radius 2 is 1.78 bits per heavy atom. The highest BCUT2D eigenvalue weighted by molar-refractivity contribution is 7.93. The Balaban J connectivity index is 1.64.